The van der Waals surface area contributed by atoms with Gasteiger partial charge in [-0.1, -0.05) is 0 Å². The molecule has 0 saturated carbocycles. The van der Waals surface area contributed by atoms with E-state index in [2.05, 4.69) is 4.98 Å². The van der Waals surface area contributed by atoms with Gasteiger partial charge in [0.15, 0.2) is 5.78 Å². The van der Waals surface area contributed by atoms with Crippen molar-refractivity contribution in [3.63, 3.8) is 0 Å². The van der Waals surface area contributed by atoms with Crippen molar-refractivity contribution in [1.82, 2.24) is 9.55 Å². The van der Waals surface area contributed by atoms with Crippen LogP contribution in [-0.2, 0) is 0 Å². The molecule has 2 aromatic carbocycles. The fourth-order valence-corrected chi connectivity index (χ4v) is 3.03. The largest absolute Gasteiger partial charge is 0.396 e. The molecule has 0 atom stereocenters. The molecule has 126 valence electrons. The number of hydrogen-bond acceptors (Lipinski definition) is 4. The number of carbonyl (C=O) groups excluding carboxylic acids is 1. The summed E-state index contributed by atoms with van der Waals surface area (Å²) < 4.78 is 29.6. The third kappa shape index (κ3) is 2.53. The lowest BCUT2D eigenvalue weighted by molar-refractivity contribution is 0.0981. The van der Waals surface area contributed by atoms with Crippen LogP contribution in [-0.4, -0.2) is 21.9 Å². The average Bonchev–Trinajstić information content (AvgIpc) is 3.13. The molecule has 25 heavy (non-hydrogen) atoms. The van der Waals surface area contributed by atoms with Crippen LogP contribution >= 0.6 is 0 Å². The highest BCUT2D eigenvalue weighted by Crippen LogP contribution is 2.37. The molecule has 0 spiro atoms. The van der Waals surface area contributed by atoms with E-state index in [1.54, 1.807) is 46.4 Å². The van der Waals surface area contributed by atoms with Gasteiger partial charge in [0.25, 0.3) is 0 Å². The van der Waals surface area contributed by atoms with Gasteiger partial charge in [0.05, 0.1) is 23.4 Å². The Morgan fingerprint density at radius 2 is 1.92 bits per heavy atom. The fourth-order valence-electron chi connectivity index (χ4n) is 3.03. The molecule has 0 unspecified atom stereocenters. The predicted molar refractivity (Wildman–Crippen MR) is 90.3 cm³/mol. The van der Waals surface area contributed by atoms with Crippen molar-refractivity contribution in [3.05, 3.63) is 66.3 Å². The Hall–Kier alpha value is -3.22. The number of nitrogen functional groups attached to an aromatic ring is 1. The van der Waals surface area contributed by atoms with E-state index >= 15 is 0 Å². The lowest BCUT2D eigenvalue weighted by Gasteiger charge is -2.31. The van der Waals surface area contributed by atoms with Crippen molar-refractivity contribution in [1.29, 1.82) is 0 Å². The third-order valence-electron chi connectivity index (χ3n) is 4.29. The van der Waals surface area contributed by atoms with Gasteiger partial charge in [-0.3, -0.25) is 4.79 Å². The van der Waals surface area contributed by atoms with Gasteiger partial charge < -0.3 is 15.2 Å². The molecule has 0 amide bonds. The number of imidazole rings is 1. The first-order valence-electron chi connectivity index (χ1n) is 7.72. The molecule has 4 rings (SSSR count). The standard InChI is InChI=1S/C18H14F2N4O/c19-13-8-14(20)17(9-15(13)21)24-5-3-18(25)12-2-1-11(7-16(12)24)23-6-4-22-10-23/h1-2,4,6-10H,3,5,21H2. The van der Waals surface area contributed by atoms with E-state index in [1.165, 1.54) is 6.07 Å². The Bertz CT molecular complexity index is 969. The molecule has 7 heteroatoms. The Morgan fingerprint density at radius 3 is 2.68 bits per heavy atom. The number of hydrogen-bond donors (Lipinski definition) is 1. The quantitative estimate of drug-likeness (QED) is 0.726. The number of fused-ring (bicyclic) bond motifs is 1. The normalized spacial score (nSPS) is 13.8. The highest BCUT2D eigenvalue weighted by molar-refractivity contribution is 6.04. The number of aromatic nitrogens is 2. The maximum absolute atomic E-state index is 14.3. The number of anilines is 3. The van der Waals surface area contributed by atoms with Crippen molar-refractivity contribution >= 4 is 22.8 Å². The van der Waals surface area contributed by atoms with Gasteiger partial charge in [0.2, 0.25) is 0 Å². The summed E-state index contributed by atoms with van der Waals surface area (Å²) in [5.74, 6) is -1.54. The molecule has 0 bridgehead atoms. The van der Waals surface area contributed by atoms with E-state index in [9.17, 15) is 13.6 Å². The van der Waals surface area contributed by atoms with E-state index in [0.717, 1.165) is 11.8 Å². The van der Waals surface area contributed by atoms with E-state index in [1.807, 2.05) is 0 Å². The molecule has 5 nitrogen and oxygen atoms in total. The smallest absolute Gasteiger partial charge is 0.166 e. The summed E-state index contributed by atoms with van der Waals surface area (Å²) in [5, 5.41) is 0. The molecule has 3 aromatic rings. The highest BCUT2D eigenvalue weighted by atomic mass is 19.1. The van der Waals surface area contributed by atoms with Crippen LogP contribution in [0.25, 0.3) is 5.69 Å². The summed E-state index contributed by atoms with van der Waals surface area (Å²) in [4.78, 5) is 17.9. The summed E-state index contributed by atoms with van der Waals surface area (Å²) in [6.07, 6.45) is 5.29. The SMILES string of the molecule is Nc1cc(N2CCC(=O)c3ccc(-n4ccnc4)cc32)c(F)cc1F. The summed E-state index contributed by atoms with van der Waals surface area (Å²) in [5.41, 5.74) is 7.46. The maximum Gasteiger partial charge on any atom is 0.166 e. The molecule has 0 saturated heterocycles. The monoisotopic (exact) mass is 340 g/mol. The lowest BCUT2D eigenvalue weighted by atomic mass is 9.98. The predicted octanol–water partition coefficient (Wildman–Crippen LogP) is 3.46. The number of benzene rings is 2. The van der Waals surface area contributed by atoms with Crippen molar-refractivity contribution in [2.45, 2.75) is 6.42 Å². The second kappa shape index (κ2) is 5.70. The number of Topliss-reactive ketones (excluding diaryl/α,β-unsaturated/α-hetero) is 1. The van der Waals surface area contributed by atoms with Crippen molar-refractivity contribution in [3.8, 4) is 5.69 Å². The second-order valence-corrected chi connectivity index (χ2v) is 5.82. The van der Waals surface area contributed by atoms with Crippen molar-refractivity contribution in [2.75, 3.05) is 17.2 Å². The summed E-state index contributed by atoms with van der Waals surface area (Å²) in [7, 11) is 0. The number of nitrogens with zero attached hydrogens (tertiary/aromatic N) is 3. The molecule has 1 aliphatic rings. The van der Waals surface area contributed by atoms with Crippen LogP contribution in [0.1, 0.15) is 16.8 Å². The van der Waals surface area contributed by atoms with Gasteiger partial charge in [0.1, 0.15) is 11.6 Å². The van der Waals surface area contributed by atoms with Crippen LogP contribution < -0.4 is 10.6 Å². The molecule has 2 N–H and O–H groups in total. The first-order valence-corrected chi connectivity index (χ1v) is 7.72. The zero-order chi connectivity index (χ0) is 17.6. The maximum atomic E-state index is 14.3. The zero-order valence-corrected chi connectivity index (χ0v) is 13.1. The number of carbonyl (C=O) groups is 1. The van der Waals surface area contributed by atoms with Crippen LogP contribution in [0.2, 0.25) is 0 Å². The molecular weight excluding hydrogens is 326 g/mol. The highest BCUT2D eigenvalue weighted by Gasteiger charge is 2.27. The third-order valence-corrected chi connectivity index (χ3v) is 4.29. The van der Waals surface area contributed by atoms with Gasteiger partial charge in [-0.25, -0.2) is 13.8 Å². The van der Waals surface area contributed by atoms with E-state index in [0.29, 0.717) is 17.8 Å². The molecule has 1 aliphatic heterocycles. The van der Waals surface area contributed by atoms with Crippen LogP contribution in [0.4, 0.5) is 25.8 Å². The number of ketones is 1. The van der Waals surface area contributed by atoms with Gasteiger partial charge in [-0.05, 0) is 24.3 Å². The first kappa shape index (κ1) is 15.3. The zero-order valence-electron chi connectivity index (χ0n) is 13.1. The lowest BCUT2D eigenvalue weighted by Crippen LogP contribution is -2.29. The molecule has 1 aromatic heterocycles. The minimum absolute atomic E-state index is 0.0149. The molecule has 0 aliphatic carbocycles. The van der Waals surface area contributed by atoms with E-state index in [4.69, 9.17) is 5.73 Å². The summed E-state index contributed by atoms with van der Waals surface area (Å²) in [6, 6.07) is 7.32. The van der Waals surface area contributed by atoms with Gasteiger partial charge in [-0.2, -0.15) is 0 Å². The van der Waals surface area contributed by atoms with Crippen LogP contribution in [0, 0.1) is 11.6 Å². The van der Waals surface area contributed by atoms with E-state index < -0.39 is 11.6 Å². The number of nitrogens with two attached hydrogens (primary N) is 1. The Morgan fingerprint density at radius 1 is 1.08 bits per heavy atom. The molecule has 2 heterocycles. The van der Waals surface area contributed by atoms with Crippen molar-refractivity contribution in [2.24, 2.45) is 0 Å². The topological polar surface area (TPSA) is 64.2 Å². The van der Waals surface area contributed by atoms with Crippen LogP contribution in [0.3, 0.4) is 0 Å². The molecular formula is C18H14F2N4O. The van der Waals surface area contributed by atoms with Gasteiger partial charge in [0, 0.05) is 42.7 Å². The molecule has 0 radical (unpaired) electrons. The minimum Gasteiger partial charge on any atom is -0.396 e. The number of rotatable bonds is 2. The number of halogens is 2. The summed E-state index contributed by atoms with van der Waals surface area (Å²) in [6.45, 7) is 0.293. The van der Waals surface area contributed by atoms with Gasteiger partial charge >= 0.3 is 0 Å². The Kier molecular flexibility index (Phi) is 3.49. The fraction of sp³-hybridized carbons (Fsp3) is 0.111. The molecule has 0 fully saturated rings. The van der Waals surface area contributed by atoms with Crippen molar-refractivity contribution < 1.29 is 13.6 Å². The Balaban J connectivity index is 1.88. The van der Waals surface area contributed by atoms with E-state index in [-0.39, 0.29) is 23.6 Å². The summed E-state index contributed by atoms with van der Waals surface area (Å²) >= 11 is 0. The minimum atomic E-state index is -0.804. The van der Waals surface area contributed by atoms with Gasteiger partial charge in [-0.15, -0.1) is 0 Å². The average molecular weight is 340 g/mol. The van der Waals surface area contributed by atoms with Crippen LogP contribution in [0.15, 0.2) is 49.1 Å². The Labute approximate surface area is 142 Å². The van der Waals surface area contributed by atoms with Crippen LogP contribution in [0.5, 0.6) is 0 Å². The first-order chi connectivity index (χ1) is 12.0. The second-order valence-electron chi connectivity index (χ2n) is 5.82.